The van der Waals surface area contributed by atoms with Crippen LogP contribution in [-0.4, -0.2) is 31.3 Å². The maximum atomic E-state index is 8.62. The maximum Gasteiger partial charge on any atom is 0.0555 e. The summed E-state index contributed by atoms with van der Waals surface area (Å²) in [5.41, 5.74) is 5.48. The van der Waals surface area contributed by atoms with E-state index in [-0.39, 0.29) is 6.61 Å². The van der Waals surface area contributed by atoms with E-state index in [9.17, 15) is 0 Å². The fraction of sp³-hybridized carbons (Fsp3) is 1.00. The van der Waals surface area contributed by atoms with Gasteiger partial charge >= 0.3 is 0 Å². The molecule has 0 aliphatic heterocycles. The standard InChI is InChI=1S/C18H40N2O/c19-15-13-11-9-7-5-3-1-2-4-6-8-10-12-14-16-20-17-18-21/h20-21H,1-19H2. The summed E-state index contributed by atoms with van der Waals surface area (Å²) in [6.07, 6.45) is 19.2. The lowest BCUT2D eigenvalue weighted by Crippen LogP contribution is -2.19. The summed E-state index contributed by atoms with van der Waals surface area (Å²) in [4.78, 5) is 0. The zero-order chi connectivity index (χ0) is 15.4. The topological polar surface area (TPSA) is 58.3 Å². The van der Waals surface area contributed by atoms with Gasteiger partial charge in [-0.05, 0) is 25.9 Å². The van der Waals surface area contributed by atoms with E-state index in [0.29, 0.717) is 0 Å². The van der Waals surface area contributed by atoms with Gasteiger partial charge in [0, 0.05) is 6.54 Å². The summed E-state index contributed by atoms with van der Waals surface area (Å²) in [6.45, 7) is 2.92. The van der Waals surface area contributed by atoms with E-state index in [2.05, 4.69) is 5.32 Å². The average Bonchev–Trinajstić information content (AvgIpc) is 2.50. The van der Waals surface area contributed by atoms with Gasteiger partial charge in [0.25, 0.3) is 0 Å². The van der Waals surface area contributed by atoms with Gasteiger partial charge in [0.2, 0.25) is 0 Å². The first-order valence-corrected chi connectivity index (χ1v) is 9.43. The first kappa shape index (κ1) is 20.9. The van der Waals surface area contributed by atoms with Gasteiger partial charge < -0.3 is 16.2 Å². The molecule has 0 radical (unpaired) electrons. The van der Waals surface area contributed by atoms with E-state index >= 15 is 0 Å². The molecule has 0 saturated heterocycles. The van der Waals surface area contributed by atoms with Crippen LogP contribution in [0.25, 0.3) is 0 Å². The lowest BCUT2D eigenvalue weighted by Gasteiger charge is -2.04. The Kier molecular flexibility index (Phi) is 19.8. The highest BCUT2D eigenvalue weighted by Gasteiger charge is 1.94. The van der Waals surface area contributed by atoms with Gasteiger partial charge in [0.05, 0.1) is 6.61 Å². The van der Waals surface area contributed by atoms with Crippen molar-refractivity contribution in [2.24, 2.45) is 5.73 Å². The first-order chi connectivity index (χ1) is 10.4. The molecular formula is C18H40N2O. The van der Waals surface area contributed by atoms with Crippen LogP contribution in [0.4, 0.5) is 0 Å². The van der Waals surface area contributed by atoms with Crippen molar-refractivity contribution in [1.29, 1.82) is 0 Å². The Balaban J connectivity index is 2.90. The van der Waals surface area contributed by atoms with Crippen molar-refractivity contribution in [3.63, 3.8) is 0 Å². The molecule has 0 rings (SSSR count). The molecule has 0 bridgehead atoms. The minimum absolute atomic E-state index is 0.258. The Morgan fingerprint density at radius 1 is 0.524 bits per heavy atom. The first-order valence-electron chi connectivity index (χ1n) is 9.43. The van der Waals surface area contributed by atoms with Crippen molar-refractivity contribution >= 4 is 0 Å². The summed E-state index contributed by atoms with van der Waals surface area (Å²) < 4.78 is 0. The third kappa shape index (κ3) is 19.9. The summed E-state index contributed by atoms with van der Waals surface area (Å²) in [5, 5.41) is 11.9. The Morgan fingerprint density at radius 2 is 0.905 bits per heavy atom. The van der Waals surface area contributed by atoms with Gasteiger partial charge in [-0.15, -0.1) is 0 Å². The van der Waals surface area contributed by atoms with Crippen LogP contribution in [0.15, 0.2) is 0 Å². The predicted octanol–water partition coefficient (Wildman–Crippen LogP) is 3.99. The van der Waals surface area contributed by atoms with Crippen LogP contribution < -0.4 is 11.1 Å². The van der Waals surface area contributed by atoms with E-state index in [1.165, 1.54) is 89.9 Å². The number of unbranched alkanes of at least 4 members (excludes halogenated alkanes) is 13. The van der Waals surface area contributed by atoms with Crippen molar-refractivity contribution < 1.29 is 5.11 Å². The number of hydrogen-bond acceptors (Lipinski definition) is 3. The number of nitrogens with two attached hydrogens (primary N) is 1. The Bertz CT molecular complexity index is 159. The van der Waals surface area contributed by atoms with Crippen LogP contribution in [0.3, 0.4) is 0 Å². The number of aliphatic hydroxyl groups excluding tert-OH is 1. The lowest BCUT2D eigenvalue weighted by molar-refractivity contribution is 0.292. The summed E-state index contributed by atoms with van der Waals surface area (Å²) in [6, 6.07) is 0. The minimum atomic E-state index is 0.258. The molecule has 0 spiro atoms. The molecule has 128 valence electrons. The van der Waals surface area contributed by atoms with Gasteiger partial charge in [-0.25, -0.2) is 0 Å². The van der Waals surface area contributed by atoms with E-state index in [1.807, 2.05) is 0 Å². The van der Waals surface area contributed by atoms with E-state index in [0.717, 1.165) is 19.6 Å². The highest BCUT2D eigenvalue weighted by atomic mass is 16.3. The number of hydrogen-bond donors (Lipinski definition) is 3. The quantitative estimate of drug-likeness (QED) is 0.335. The molecule has 0 aromatic heterocycles. The molecule has 0 fully saturated rings. The van der Waals surface area contributed by atoms with Crippen molar-refractivity contribution in [3.05, 3.63) is 0 Å². The van der Waals surface area contributed by atoms with E-state index < -0.39 is 0 Å². The second kappa shape index (κ2) is 19.9. The Labute approximate surface area is 133 Å². The molecule has 0 aromatic carbocycles. The average molecular weight is 301 g/mol. The second-order valence-electron chi connectivity index (χ2n) is 6.21. The van der Waals surface area contributed by atoms with Crippen molar-refractivity contribution in [2.45, 2.75) is 89.9 Å². The number of nitrogens with one attached hydrogen (secondary N) is 1. The van der Waals surface area contributed by atoms with Gasteiger partial charge in [-0.1, -0.05) is 77.0 Å². The Hall–Kier alpha value is -0.120. The molecule has 21 heavy (non-hydrogen) atoms. The Morgan fingerprint density at radius 3 is 1.29 bits per heavy atom. The molecule has 0 amide bonds. The van der Waals surface area contributed by atoms with Gasteiger partial charge in [0.1, 0.15) is 0 Å². The second-order valence-corrected chi connectivity index (χ2v) is 6.21. The van der Waals surface area contributed by atoms with Crippen molar-refractivity contribution in [2.75, 3.05) is 26.2 Å². The number of rotatable bonds is 18. The van der Waals surface area contributed by atoms with Crippen molar-refractivity contribution in [1.82, 2.24) is 5.32 Å². The maximum absolute atomic E-state index is 8.62. The van der Waals surface area contributed by atoms with Gasteiger partial charge in [-0.2, -0.15) is 0 Å². The smallest absolute Gasteiger partial charge is 0.0555 e. The zero-order valence-electron chi connectivity index (χ0n) is 14.3. The molecule has 3 nitrogen and oxygen atoms in total. The van der Waals surface area contributed by atoms with Crippen LogP contribution in [0.2, 0.25) is 0 Å². The predicted molar refractivity (Wildman–Crippen MR) is 93.6 cm³/mol. The molecule has 0 atom stereocenters. The highest BCUT2D eigenvalue weighted by Crippen LogP contribution is 2.12. The monoisotopic (exact) mass is 300 g/mol. The van der Waals surface area contributed by atoms with Crippen LogP contribution in [-0.2, 0) is 0 Å². The third-order valence-corrected chi connectivity index (χ3v) is 4.10. The summed E-state index contributed by atoms with van der Waals surface area (Å²) >= 11 is 0. The molecule has 0 heterocycles. The zero-order valence-corrected chi connectivity index (χ0v) is 14.3. The van der Waals surface area contributed by atoms with Crippen LogP contribution in [0.1, 0.15) is 89.9 Å². The van der Waals surface area contributed by atoms with Crippen LogP contribution >= 0.6 is 0 Å². The largest absolute Gasteiger partial charge is 0.395 e. The van der Waals surface area contributed by atoms with Crippen LogP contribution in [0, 0.1) is 0 Å². The van der Waals surface area contributed by atoms with Crippen LogP contribution in [0.5, 0.6) is 0 Å². The fourth-order valence-corrected chi connectivity index (χ4v) is 2.72. The summed E-state index contributed by atoms with van der Waals surface area (Å²) in [7, 11) is 0. The highest BCUT2D eigenvalue weighted by molar-refractivity contribution is 4.51. The SMILES string of the molecule is NCCCCCCCCCCCCCCCCNCCO. The fourth-order valence-electron chi connectivity index (χ4n) is 2.72. The molecule has 0 aliphatic carbocycles. The minimum Gasteiger partial charge on any atom is -0.395 e. The molecule has 0 unspecified atom stereocenters. The molecule has 0 aromatic rings. The molecule has 4 N–H and O–H groups in total. The lowest BCUT2D eigenvalue weighted by atomic mass is 10.0. The molecule has 0 saturated carbocycles. The molecule has 3 heteroatoms. The normalized spacial score (nSPS) is 11.1. The van der Waals surface area contributed by atoms with E-state index in [4.69, 9.17) is 10.8 Å². The summed E-state index contributed by atoms with van der Waals surface area (Å²) in [5.74, 6) is 0. The van der Waals surface area contributed by atoms with Gasteiger partial charge in [0.15, 0.2) is 0 Å². The molecular weight excluding hydrogens is 260 g/mol. The number of aliphatic hydroxyl groups is 1. The molecule has 0 aliphatic rings. The van der Waals surface area contributed by atoms with Crippen molar-refractivity contribution in [3.8, 4) is 0 Å². The third-order valence-electron chi connectivity index (χ3n) is 4.10. The van der Waals surface area contributed by atoms with E-state index in [1.54, 1.807) is 0 Å². The van der Waals surface area contributed by atoms with Gasteiger partial charge in [-0.3, -0.25) is 0 Å².